The van der Waals surface area contributed by atoms with Crippen molar-refractivity contribution in [2.75, 3.05) is 31.6 Å². The molecule has 0 radical (unpaired) electrons. The summed E-state index contributed by atoms with van der Waals surface area (Å²) in [5, 5.41) is 3.14. The maximum Gasteiger partial charge on any atom is 0.236 e. The predicted molar refractivity (Wildman–Crippen MR) is 87.5 cm³/mol. The van der Waals surface area contributed by atoms with Crippen LogP contribution in [0, 0.1) is 0 Å². The summed E-state index contributed by atoms with van der Waals surface area (Å²) in [4.78, 5) is 13.6. The molecule has 1 fully saturated rings. The fourth-order valence-corrected chi connectivity index (χ4v) is 4.44. The van der Waals surface area contributed by atoms with Gasteiger partial charge >= 0.3 is 0 Å². The van der Waals surface area contributed by atoms with Gasteiger partial charge in [-0.25, -0.2) is 8.42 Å². The van der Waals surface area contributed by atoms with Gasteiger partial charge < -0.3 is 10.2 Å². The highest BCUT2D eigenvalue weighted by Gasteiger charge is 2.32. The fraction of sp³-hybridized carbons (Fsp3) is 0.562. The average Bonchev–Trinajstić information content (AvgIpc) is 2.87. The fourth-order valence-electron chi connectivity index (χ4n) is 2.67. The van der Waals surface area contributed by atoms with Gasteiger partial charge in [0.1, 0.15) is 0 Å². The van der Waals surface area contributed by atoms with Gasteiger partial charge in [0.25, 0.3) is 0 Å². The van der Waals surface area contributed by atoms with Gasteiger partial charge in [0.2, 0.25) is 5.91 Å². The largest absolute Gasteiger partial charge is 0.341 e. The molecule has 2 rings (SSSR count). The maximum atomic E-state index is 12.0. The van der Waals surface area contributed by atoms with E-state index in [1.807, 2.05) is 18.2 Å². The van der Waals surface area contributed by atoms with Crippen LogP contribution in [0.4, 0.5) is 0 Å². The molecule has 0 saturated carbocycles. The van der Waals surface area contributed by atoms with Gasteiger partial charge in [-0.3, -0.25) is 4.79 Å². The van der Waals surface area contributed by atoms with Crippen LogP contribution in [0.3, 0.4) is 0 Å². The van der Waals surface area contributed by atoms with E-state index in [-0.39, 0.29) is 30.0 Å². The minimum atomic E-state index is -2.95. The Morgan fingerprint density at radius 1 is 1.32 bits per heavy atom. The number of carbonyl (C=O) groups excluding carboxylic acids is 1. The monoisotopic (exact) mass is 324 g/mol. The van der Waals surface area contributed by atoms with E-state index in [0.717, 1.165) is 19.4 Å². The van der Waals surface area contributed by atoms with Crippen LogP contribution in [0.2, 0.25) is 0 Å². The summed E-state index contributed by atoms with van der Waals surface area (Å²) in [5.41, 5.74) is 1.30. The molecular formula is C16H24N2O3S. The molecule has 122 valence electrons. The van der Waals surface area contributed by atoms with E-state index in [0.29, 0.717) is 6.42 Å². The molecule has 1 aliphatic heterocycles. The lowest BCUT2D eigenvalue weighted by atomic mass is 10.1. The summed E-state index contributed by atoms with van der Waals surface area (Å²) in [5.74, 6) is 0.255. The van der Waals surface area contributed by atoms with E-state index >= 15 is 0 Å². The topological polar surface area (TPSA) is 66.5 Å². The SMILES string of the molecule is CN(C(=O)CNCCCc1ccccc1)C1CCS(=O)(=O)C1. The van der Waals surface area contributed by atoms with Gasteiger partial charge in [-0.05, 0) is 31.4 Å². The Kier molecular flexibility index (Phi) is 5.97. The minimum Gasteiger partial charge on any atom is -0.341 e. The van der Waals surface area contributed by atoms with Gasteiger partial charge in [-0.2, -0.15) is 0 Å². The van der Waals surface area contributed by atoms with Gasteiger partial charge in [0.05, 0.1) is 18.1 Å². The van der Waals surface area contributed by atoms with Crippen LogP contribution in [-0.2, 0) is 21.1 Å². The van der Waals surface area contributed by atoms with Crippen molar-refractivity contribution in [3.05, 3.63) is 35.9 Å². The third-order valence-electron chi connectivity index (χ3n) is 4.09. The third-order valence-corrected chi connectivity index (χ3v) is 5.84. The molecule has 1 unspecified atom stereocenters. The van der Waals surface area contributed by atoms with Gasteiger partial charge in [0, 0.05) is 13.1 Å². The van der Waals surface area contributed by atoms with Crippen LogP contribution in [0.25, 0.3) is 0 Å². The van der Waals surface area contributed by atoms with Crippen molar-refractivity contribution in [2.24, 2.45) is 0 Å². The number of sulfone groups is 1. The van der Waals surface area contributed by atoms with Crippen LogP contribution < -0.4 is 5.32 Å². The highest BCUT2D eigenvalue weighted by atomic mass is 32.2. The molecule has 1 aliphatic rings. The van der Waals surface area contributed by atoms with E-state index in [4.69, 9.17) is 0 Å². The minimum absolute atomic E-state index is 0.0400. The molecule has 1 aromatic carbocycles. The van der Waals surface area contributed by atoms with Crippen LogP contribution in [0.1, 0.15) is 18.4 Å². The zero-order chi connectivity index (χ0) is 16.0. The zero-order valence-electron chi connectivity index (χ0n) is 13.0. The first-order chi connectivity index (χ1) is 10.5. The van der Waals surface area contributed by atoms with Crippen LogP contribution in [0.15, 0.2) is 30.3 Å². The number of hydrogen-bond donors (Lipinski definition) is 1. The molecular weight excluding hydrogens is 300 g/mol. The zero-order valence-corrected chi connectivity index (χ0v) is 13.8. The maximum absolute atomic E-state index is 12.0. The van der Waals surface area contributed by atoms with Crippen molar-refractivity contribution in [3.8, 4) is 0 Å². The molecule has 22 heavy (non-hydrogen) atoms. The van der Waals surface area contributed by atoms with Gasteiger partial charge in [0.15, 0.2) is 9.84 Å². The second kappa shape index (κ2) is 7.74. The van der Waals surface area contributed by atoms with E-state index in [1.165, 1.54) is 5.56 Å². The Balaban J connectivity index is 1.63. The Hall–Kier alpha value is -1.40. The molecule has 0 aromatic heterocycles. The lowest BCUT2D eigenvalue weighted by Crippen LogP contribution is -2.42. The molecule has 1 saturated heterocycles. The molecule has 1 aromatic rings. The van der Waals surface area contributed by atoms with Gasteiger partial charge in [-0.15, -0.1) is 0 Å². The van der Waals surface area contributed by atoms with E-state index in [1.54, 1.807) is 11.9 Å². The summed E-state index contributed by atoms with van der Waals surface area (Å²) in [6, 6.07) is 10.1. The van der Waals surface area contributed by atoms with Crippen molar-refractivity contribution in [2.45, 2.75) is 25.3 Å². The summed E-state index contributed by atoms with van der Waals surface area (Å²) < 4.78 is 22.9. The van der Waals surface area contributed by atoms with Crippen molar-refractivity contribution in [1.82, 2.24) is 10.2 Å². The number of likely N-dealkylation sites (N-methyl/N-ethyl adjacent to an activating group) is 1. The number of nitrogens with zero attached hydrogens (tertiary/aromatic N) is 1. The quantitative estimate of drug-likeness (QED) is 0.755. The van der Waals surface area contributed by atoms with Crippen molar-refractivity contribution in [1.29, 1.82) is 0 Å². The molecule has 6 heteroatoms. The predicted octanol–water partition coefficient (Wildman–Crippen LogP) is 0.854. The van der Waals surface area contributed by atoms with Crippen molar-refractivity contribution < 1.29 is 13.2 Å². The Morgan fingerprint density at radius 2 is 2.05 bits per heavy atom. The summed E-state index contributed by atoms with van der Waals surface area (Å²) in [7, 11) is -1.25. The number of carbonyl (C=O) groups is 1. The summed E-state index contributed by atoms with van der Waals surface area (Å²) in [6.45, 7) is 1.04. The molecule has 0 bridgehead atoms. The molecule has 0 aliphatic carbocycles. The lowest BCUT2D eigenvalue weighted by Gasteiger charge is -2.23. The number of benzene rings is 1. The first-order valence-corrected chi connectivity index (χ1v) is 9.51. The smallest absolute Gasteiger partial charge is 0.236 e. The number of hydrogen-bond acceptors (Lipinski definition) is 4. The van der Waals surface area contributed by atoms with Gasteiger partial charge in [-0.1, -0.05) is 30.3 Å². The normalized spacial score (nSPS) is 20.0. The number of rotatable bonds is 7. The average molecular weight is 324 g/mol. The summed E-state index contributed by atoms with van der Waals surface area (Å²) in [6.07, 6.45) is 2.51. The molecule has 1 atom stereocenters. The van der Waals surface area contributed by atoms with E-state index < -0.39 is 9.84 Å². The molecule has 0 spiro atoms. The number of nitrogens with one attached hydrogen (secondary N) is 1. The Labute approximate surface area is 132 Å². The summed E-state index contributed by atoms with van der Waals surface area (Å²) >= 11 is 0. The number of amides is 1. The highest BCUT2D eigenvalue weighted by Crippen LogP contribution is 2.16. The van der Waals surface area contributed by atoms with Crippen LogP contribution in [-0.4, -0.2) is 56.9 Å². The molecule has 1 amide bonds. The number of aryl methyl sites for hydroxylation is 1. The molecule has 5 nitrogen and oxygen atoms in total. The van der Waals surface area contributed by atoms with Crippen LogP contribution >= 0.6 is 0 Å². The standard InChI is InChI=1S/C16H24N2O3S/c1-18(15-9-11-22(20,21)13-15)16(19)12-17-10-5-8-14-6-3-2-4-7-14/h2-4,6-7,15,17H,5,8-13H2,1H3. The lowest BCUT2D eigenvalue weighted by molar-refractivity contribution is -0.130. The van der Waals surface area contributed by atoms with Crippen molar-refractivity contribution in [3.63, 3.8) is 0 Å². The second-order valence-electron chi connectivity index (χ2n) is 5.83. The Bertz CT molecular complexity index is 587. The first-order valence-electron chi connectivity index (χ1n) is 7.69. The van der Waals surface area contributed by atoms with Crippen LogP contribution in [0.5, 0.6) is 0 Å². The molecule has 1 N–H and O–H groups in total. The van der Waals surface area contributed by atoms with E-state index in [9.17, 15) is 13.2 Å². The molecule has 1 heterocycles. The van der Waals surface area contributed by atoms with Crippen molar-refractivity contribution >= 4 is 15.7 Å². The Morgan fingerprint density at radius 3 is 2.68 bits per heavy atom. The highest BCUT2D eigenvalue weighted by molar-refractivity contribution is 7.91. The first kappa shape index (κ1) is 17.0. The van der Waals surface area contributed by atoms with E-state index in [2.05, 4.69) is 17.4 Å². The second-order valence-corrected chi connectivity index (χ2v) is 8.06. The third kappa shape index (κ3) is 5.10.